The van der Waals surface area contributed by atoms with Crippen LogP contribution in [-0.4, -0.2) is 17.7 Å². The van der Waals surface area contributed by atoms with E-state index in [0.717, 1.165) is 38.8 Å². The third kappa shape index (κ3) is 6.10. The molecule has 4 aromatic rings. The maximum atomic E-state index is 14.6. The highest BCUT2D eigenvalue weighted by atomic mass is 19.1. The van der Waals surface area contributed by atoms with Crippen LogP contribution in [-0.2, 0) is 11.2 Å². The summed E-state index contributed by atoms with van der Waals surface area (Å²) in [5, 5.41) is 14.8. The van der Waals surface area contributed by atoms with E-state index in [0.29, 0.717) is 12.2 Å². The molecular formula is C31H32FNO3. The average Bonchev–Trinajstić information content (AvgIpc) is 2.86. The van der Waals surface area contributed by atoms with Crippen LogP contribution in [0.3, 0.4) is 0 Å². The van der Waals surface area contributed by atoms with Crippen molar-refractivity contribution in [3.63, 3.8) is 0 Å². The third-order valence-corrected chi connectivity index (χ3v) is 6.45. The molecule has 0 fully saturated rings. The lowest BCUT2D eigenvalue weighted by Gasteiger charge is -2.23. The molecule has 4 nitrogen and oxygen atoms in total. The monoisotopic (exact) mass is 485 g/mol. The van der Waals surface area contributed by atoms with Gasteiger partial charge in [0, 0.05) is 18.5 Å². The molecule has 0 aromatic heterocycles. The molecule has 0 saturated heterocycles. The Morgan fingerprint density at radius 3 is 2.50 bits per heavy atom. The van der Waals surface area contributed by atoms with E-state index in [9.17, 15) is 9.18 Å². The molecule has 0 heterocycles. The van der Waals surface area contributed by atoms with Crippen molar-refractivity contribution in [2.75, 3.05) is 6.61 Å². The van der Waals surface area contributed by atoms with Gasteiger partial charge in [-0.2, -0.15) is 0 Å². The number of halogens is 1. The van der Waals surface area contributed by atoms with Crippen LogP contribution in [0, 0.1) is 5.82 Å². The number of carboxylic acids is 1. The van der Waals surface area contributed by atoms with Crippen LogP contribution in [0.15, 0.2) is 78.9 Å². The SMILES string of the molecule is CCOc1cccc([C@@H](C)NC(C)c2cc(-c3cc(F)cc(CCC(=O)O)c3)c3ccccc3c2)c1. The second kappa shape index (κ2) is 11.4. The van der Waals surface area contributed by atoms with E-state index < -0.39 is 5.97 Å². The Bertz CT molecular complexity index is 1370. The largest absolute Gasteiger partial charge is 0.494 e. The first kappa shape index (κ1) is 25.4. The van der Waals surface area contributed by atoms with Crippen LogP contribution < -0.4 is 10.1 Å². The van der Waals surface area contributed by atoms with Gasteiger partial charge in [0.05, 0.1) is 6.61 Å². The van der Waals surface area contributed by atoms with Gasteiger partial charge < -0.3 is 15.2 Å². The van der Waals surface area contributed by atoms with E-state index in [2.05, 4.69) is 49.5 Å². The van der Waals surface area contributed by atoms with Gasteiger partial charge in [-0.1, -0.05) is 42.5 Å². The topological polar surface area (TPSA) is 58.6 Å². The van der Waals surface area contributed by atoms with Crippen molar-refractivity contribution in [1.29, 1.82) is 0 Å². The molecule has 0 aliphatic carbocycles. The van der Waals surface area contributed by atoms with Gasteiger partial charge in [0.2, 0.25) is 0 Å². The highest BCUT2D eigenvalue weighted by Crippen LogP contribution is 2.34. The Labute approximate surface area is 211 Å². The Balaban J connectivity index is 1.68. The number of carbonyl (C=O) groups is 1. The first-order valence-electron chi connectivity index (χ1n) is 12.4. The second-order valence-electron chi connectivity index (χ2n) is 9.15. The molecule has 186 valence electrons. The Kier molecular flexibility index (Phi) is 8.01. The fourth-order valence-electron chi connectivity index (χ4n) is 4.63. The summed E-state index contributed by atoms with van der Waals surface area (Å²) in [5.74, 6) is -0.403. The fourth-order valence-corrected chi connectivity index (χ4v) is 4.63. The average molecular weight is 486 g/mol. The normalized spacial score (nSPS) is 12.9. The first-order chi connectivity index (χ1) is 17.3. The quantitative estimate of drug-likeness (QED) is 0.245. The van der Waals surface area contributed by atoms with Gasteiger partial charge in [-0.25, -0.2) is 4.39 Å². The summed E-state index contributed by atoms with van der Waals surface area (Å²) in [7, 11) is 0. The molecule has 5 heteroatoms. The predicted molar refractivity (Wildman–Crippen MR) is 143 cm³/mol. The smallest absolute Gasteiger partial charge is 0.303 e. The van der Waals surface area contributed by atoms with Crippen molar-refractivity contribution in [2.45, 2.75) is 45.7 Å². The number of aryl methyl sites for hydroxylation is 1. The van der Waals surface area contributed by atoms with Crippen molar-refractivity contribution in [1.82, 2.24) is 5.32 Å². The molecule has 0 bridgehead atoms. The molecule has 4 aromatic carbocycles. The molecule has 36 heavy (non-hydrogen) atoms. The standard InChI is InChI=1S/C31H32FNO3/c1-4-36-28-10-7-9-23(18-28)20(2)33-21(3)25-16-24-8-5-6-11-29(24)30(19-25)26-14-22(12-13-31(34)35)15-27(32)17-26/h5-11,14-21,33H,4,12-13H2,1-3H3,(H,34,35)/t20-,21?/m1/s1. The number of ether oxygens (including phenoxy) is 1. The number of fused-ring (bicyclic) bond motifs is 1. The second-order valence-corrected chi connectivity index (χ2v) is 9.15. The van der Waals surface area contributed by atoms with Gasteiger partial charge >= 0.3 is 5.97 Å². The number of carboxylic acid groups (broad SMARTS) is 1. The van der Waals surface area contributed by atoms with Crippen LogP contribution >= 0.6 is 0 Å². The summed E-state index contributed by atoms with van der Waals surface area (Å²) in [6.07, 6.45) is 0.251. The van der Waals surface area contributed by atoms with Crippen LogP contribution in [0.1, 0.15) is 56.0 Å². The molecule has 0 radical (unpaired) electrons. The highest BCUT2D eigenvalue weighted by molar-refractivity contribution is 5.97. The maximum Gasteiger partial charge on any atom is 0.303 e. The summed E-state index contributed by atoms with van der Waals surface area (Å²) < 4.78 is 20.2. The van der Waals surface area contributed by atoms with Crippen molar-refractivity contribution in [3.8, 4) is 16.9 Å². The van der Waals surface area contributed by atoms with Gasteiger partial charge in [0.25, 0.3) is 0 Å². The Morgan fingerprint density at radius 1 is 0.944 bits per heavy atom. The van der Waals surface area contributed by atoms with E-state index in [1.54, 1.807) is 0 Å². The van der Waals surface area contributed by atoms with Crippen LogP contribution in [0.2, 0.25) is 0 Å². The van der Waals surface area contributed by atoms with Crippen molar-refractivity contribution >= 4 is 16.7 Å². The minimum Gasteiger partial charge on any atom is -0.494 e. The number of hydrogen-bond donors (Lipinski definition) is 2. The molecule has 0 aliphatic heterocycles. The molecule has 0 spiro atoms. The Hall–Kier alpha value is -3.70. The number of hydrogen-bond acceptors (Lipinski definition) is 3. The van der Waals surface area contributed by atoms with E-state index in [1.807, 2.05) is 43.3 Å². The van der Waals surface area contributed by atoms with Crippen LogP contribution in [0.25, 0.3) is 21.9 Å². The van der Waals surface area contributed by atoms with Gasteiger partial charge in [-0.3, -0.25) is 4.79 Å². The Morgan fingerprint density at radius 2 is 1.72 bits per heavy atom. The van der Waals surface area contributed by atoms with Crippen LogP contribution in [0.5, 0.6) is 5.75 Å². The molecule has 0 aliphatic rings. The molecule has 0 saturated carbocycles. The van der Waals surface area contributed by atoms with E-state index >= 15 is 0 Å². The fraction of sp³-hybridized carbons (Fsp3) is 0.258. The maximum absolute atomic E-state index is 14.6. The van der Waals surface area contributed by atoms with Gasteiger partial charge in [-0.15, -0.1) is 0 Å². The molecule has 2 atom stereocenters. The zero-order valence-corrected chi connectivity index (χ0v) is 20.9. The number of nitrogens with one attached hydrogen (secondary N) is 1. The van der Waals surface area contributed by atoms with E-state index in [4.69, 9.17) is 9.84 Å². The van der Waals surface area contributed by atoms with E-state index in [1.165, 1.54) is 12.1 Å². The molecule has 4 rings (SSSR count). The van der Waals surface area contributed by atoms with Crippen LogP contribution in [0.4, 0.5) is 4.39 Å². The predicted octanol–water partition coefficient (Wildman–Crippen LogP) is 7.47. The summed E-state index contributed by atoms with van der Waals surface area (Å²) >= 11 is 0. The lowest BCUT2D eigenvalue weighted by Crippen LogP contribution is -2.22. The van der Waals surface area contributed by atoms with Gasteiger partial charge in [-0.05, 0) is 102 Å². The molecular weight excluding hydrogens is 453 g/mol. The number of rotatable bonds is 10. The first-order valence-corrected chi connectivity index (χ1v) is 12.4. The molecule has 1 unspecified atom stereocenters. The van der Waals surface area contributed by atoms with Crippen molar-refractivity contribution in [3.05, 3.63) is 101 Å². The lowest BCUT2D eigenvalue weighted by molar-refractivity contribution is -0.136. The number of benzene rings is 4. The van der Waals surface area contributed by atoms with Crippen molar-refractivity contribution in [2.24, 2.45) is 0 Å². The van der Waals surface area contributed by atoms with Crippen molar-refractivity contribution < 1.29 is 19.0 Å². The highest BCUT2D eigenvalue weighted by Gasteiger charge is 2.16. The molecule has 0 amide bonds. The minimum absolute atomic E-state index is 0.0270. The van der Waals surface area contributed by atoms with Gasteiger partial charge in [0.15, 0.2) is 0 Å². The zero-order valence-electron chi connectivity index (χ0n) is 20.9. The number of aliphatic carboxylic acids is 1. The lowest BCUT2D eigenvalue weighted by atomic mass is 9.92. The summed E-state index contributed by atoms with van der Waals surface area (Å²) in [6, 6.07) is 25.4. The molecule has 2 N–H and O–H groups in total. The summed E-state index contributed by atoms with van der Waals surface area (Å²) in [6.45, 7) is 6.85. The summed E-state index contributed by atoms with van der Waals surface area (Å²) in [4.78, 5) is 11.0. The summed E-state index contributed by atoms with van der Waals surface area (Å²) in [5.41, 5.74) is 4.59. The van der Waals surface area contributed by atoms with Gasteiger partial charge in [0.1, 0.15) is 11.6 Å². The van der Waals surface area contributed by atoms with E-state index in [-0.39, 0.29) is 30.7 Å². The zero-order chi connectivity index (χ0) is 25.7. The third-order valence-electron chi connectivity index (χ3n) is 6.45. The minimum atomic E-state index is -0.894.